The van der Waals surface area contributed by atoms with Crippen molar-refractivity contribution in [2.75, 3.05) is 13.2 Å². The molecule has 0 radical (unpaired) electrons. The Kier molecular flexibility index (Phi) is 4.31. The number of hydrogen-bond donors (Lipinski definition) is 1. The van der Waals surface area contributed by atoms with E-state index in [1.54, 1.807) is 0 Å². The van der Waals surface area contributed by atoms with Gasteiger partial charge in [0, 0.05) is 55.7 Å². The zero-order valence-electron chi connectivity index (χ0n) is 15.1. The number of nitrogens with one attached hydrogen (secondary N) is 1. The second-order valence-corrected chi connectivity index (χ2v) is 6.88. The van der Waals surface area contributed by atoms with Crippen LogP contribution in [0.15, 0.2) is 30.6 Å². The number of ether oxygens (including phenoxy) is 1. The van der Waals surface area contributed by atoms with E-state index in [0.29, 0.717) is 5.92 Å². The zero-order valence-corrected chi connectivity index (χ0v) is 15.1. The van der Waals surface area contributed by atoms with Gasteiger partial charge in [-0.3, -0.25) is 4.68 Å². The molecule has 1 aliphatic rings. The Hall–Kier alpha value is -2.18. The molecule has 25 heavy (non-hydrogen) atoms. The van der Waals surface area contributed by atoms with Crippen LogP contribution in [0.3, 0.4) is 0 Å². The Bertz CT molecular complexity index is 881. The fourth-order valence-electron chi connectivity index (χ4n) is 3.88. The van der Waals surface area contributed by atoms with Crippen LogP contribution in [0, 0.1) is 19.8 Å². The number of aryl methyl sites for hydroxylation is 2. The van der Waals surface area contributed by atoms with Crippen LogP contribution < -0.4 is 5.32 Å². The topological polar surface area (TPSA) is 56.4 Å². The molecular weight excluding hydrogens is 314 g/mol. The van der Waals surface area contributed by atoms with Crippen molar-refractivity contribution in [3.05, 3.63) is 53.1 Å². The molecule has 3 aromatic heterocycles. The fraction of sp³-hybridized carbons (Fsp3) is 0.474. The summed E-state index contributed by atoms with van der Waals surface area (Å²) >= 11 is 0. The molecule has 0 unspecified atom stereocenters. The van der Waals surface area contributed by atoms with E-state index in [2.05, 4.69) is 41.5 Å². The Labute approximate surface area is 147 Å². The normalized spacial score (nSPS) is 20.6. The largest absolute Gasteiger partial charge is 0.373 e. The minimum Gasteiger partial charge on any atom is -0.373 e. The van der Waals surface area contributed by atoms with Gasteiger partial charge in [-0.15, -0.1) is 0 Å². The molecule has 4 heterocycles. The van der Waals surface area contributed by atoms with E-state index in [1.807, 2.05) is 34.7 Å². The second kappa shape index (κ2) is 6.61. The highest BCUT2D eigenvalue weighted by atomic mass is 16.5. The molecule has 132 valence electrons. The summed E-state index contributed by atoms with van der Waals surface area (Å²) in [5.41, 5.74) is 5.94. The predicted octanol–water partition coefficient (Wildman–Crippen LogP) is 2.55. The molecule has 1 saturated heterocycles. The molecule has 1 N–H and O–H groups in total. The van der Waals surface area contributed by atoms with E-state index in [4.69, 9.17) is 4.74 Å². The van der Waals surface area contributed by atoms with E-state index in [9.17, 15) is 0 Å². The number of rotatable bonds is 5. The maximum absolute atomic E-state index is 6.07. The summed E-state index contributed by atoms with van der Waals surface area (Å²) < 4.78 is 9.95. The standard InChI is InChI=1S/C19H25N5O/c1-13-18(14(2)23(3)22-13)19-15(7-9-25-19)10-20-11-16-12-21-24-8-5-4-6-17(16)24/h4-6,8,12,15,19-20H,7,9-11H2,1-3H3/t15-,19-/m0/s1. The summed E-state index contributed by atoms with van der Waals surface area (Å²) in [4.78, 5) is 0. The van der Waals surface area contributed by atoms with Gasteiger partial charge in [-0.25, -0.2) is 4.52 Å². The van der Waals surface area contributed by atoms with Crippen LogP contribution >= 0.6 is 0 Å². The third kappa shape index (κ3) is 2.96. The van der Waals surface area contributed by atoms with Crippen LogP contribution in [0.25, 0.3) is 5.52 Å². The van der Waals surface area contributed by atoms with Gasteiger partial charge < -0.3 is 10.1 Å². The highest BCUT2D eigenvalue weighted by molar-refractivity contribution is 5.53. The van der Waals surface area contributed by atoms with Gasteiger partial charge in [0.2, 0.25) is 0 Å². The number of fused-ring (bicyclic) bond motifs is 1. The molecule has 4 rings (SSSR count). The number of hydrogen-bond acceptors (Lipinski definition) is 4. The molecular formula is C19H25N5O. The molecule has 1 aliphatic heterocycles. The highest BCUT2D eigenvalue weighted by Gasteiger charge is 2.33. The lowest BCUT2D eigenvalue weighted by molar-refractivity contribution is 0.0894. The maximum atomic E-state index is 6.07. The summed E-state index contributed by atoms with van der Waals surface area (Å²) in [6.07, 6.45) is 5.15. The molecule has 6 nitrogen and oxygen atoms in total. The molecule has 1 fully saturated rings. The van der Waals surface area contributed by atoms with Crippen molar-refractivity contribution in [3.63, 3.8) is 0 Å². The van der Waals surface area contributed by atoms with Crippen LogP contribution in [0.2, 0.25) is 0 Å². The molecule has 0 spiro atoms. The summed E-state index contributed by atoms with van der Waals surface area (Å²) in [5.74, 6) is 0.475. The zero-order chi connectivity index (χ0) is 17.4. The SMILES string of the molecule is Cc1nn(C)c(C)c1[C@H]1OCC[C@H]1CNCc1cnn2ccccc12. The first-order valence-corrected chi connectivity index (χ1v) is 8.89. The van der Waals surface area contributed by atoms with Gasteiger partial charge in [-0.05, 0) is 32.4 Å². The Balaban J connectivity index is 1.43. The van der Waals surface area contributed by atoms with Crippen LogP contribution in [-0.4, -0.2) is 32.5 Å². The third-order valence-electron chi connectivity index (χ3n) is 5.29. The first-order chi connectivity index (χ1) is 12.1. The van der Waals surface area contributed by atoms with Crippen molar-refractivity contribution in [3.8, 4) is 0 Å². The van der Waals surface area contributed by atoms with E-state index < -0.39 is 0 Å². The predicted molar refractivity (Wildman–Crippen MR) is 96.4 cm³/mol. The third-order valence-corrected chi connectivity index (χ3v) is 5.29. The molecule has 0 aromatic carbocycles. The lowest BCUT2D eigenvalue weighted by Crippen LogP contribution is -2.25. The Morgan fingerprint density at radius 3 is 3.00 bits per heavy atom. The van der Waals surface area contributed by atoms with Crippen LogP contribution in [-0.2, 0) is 18.3 Å². The number of nitrogens with zero attached hydrogens (tertiary/aromatic N) is 4. The van der Waals surface area contributed by atoms with Crippen molar-refractivity contribution in [1.29, 1.82) is 0 Å². The second-order valence-electron chi connectivity index (χ2n) is 6.88. The molecule has 0 aliphatic carbocycles. The fourth-order valence-corrected chi connectivity index (χ4v) is 3.88. The first kappa shape index (κ1) is 16.3. The van der Waals surface area contributed by atoms with Gasteiger partial charge in [0.15, 0.2) is 0 Å². The van der Waals surface area contributed by atoms with E-state index in [0.717, 1.165) is 37.3 Å². The van der Waals surface area contributed by atoms with Gasteiger partial charge in [0.05, 0.1) is 23.5 Å². The van der Waals surface area contributed by atoms with Crippen molar-refractivity contribution >= 4 is 5.52 Å². The van der Waals surface area contributed by atoms with Gasteiger partial charge >= 0.3 is 0 Å². The lowest BCUT2D eigenvalue weighted by Gasteiger charge is -2.19. The van der Waals surface area contributed by atoms with Crippen molar-refractivity contribution < 1.29 is 4.74 Å². The molecule has 0 saturated carbocycles. The lowest BCUT2D eigenvalue weighted by atomic mass is 9.94. The van der Waals surface area contributed by atoms with E-state index >= 15 is 0 Å². The minimum absolute atomic E-state index is 0.144. The summed E-state index contributed by atoms with van der Waals surface area (Å²) in [7, 11) is 2.00. The average Bonchev–Trinajstić information content (AvgIpc) is 3.28. The first-order valence-electron chi connectivity index (χ1n) is 8.89. The maximum Gasteiger partial charge on any atom is 0.0901 e. The molecule has 2 atom stereocenters. The molecule has 0 amide bonds. The minimum atomic E-state index is 0.144. The van der Waals surface area contributed by atoms with Crippen LogP contribution in [0.5, 0.6) is 0 Å². The summed E-state index contributed by atoms with van der Waals surface area (Å²) in [6.45, 7) is 6.78. The van der Waals surface area contributed by atoms with Crippen molar-refractivity contribution in [2.24, 2.45) is 13.0 Å². The summed E-state index contributed by atoms with van der Waals surface area (Å²) in [6, 6.07) is 6.15. The van der Waals surface area contributed by atoms with E-state index in [1.165, 1.54) is 16.8 Å². The van der Waals surface area contributed by atoms with Crippen LogP contribution in [0.4, 0.5) is 0 Å². The van der Waals surface area contributed by atoms with Gasteiger partial charge in [0.1, 0.15) is 0 Å². The quantitative estimate of drug-likeness (QED) is 0.776. The van der Waals surface area contributed by atoms with Gasteiger partial charge in [-0.2, -0.15) is 10.2 Å². The molecule has 3 aromatic rings. The Morgan fingerprint density at radius 1 is 1.32 bits per heavy atom. The summed E-state index contributed by atoms with van der Waals surface area (Å²) in [5, 5.41) is 12.6. The number of aromatic nitrogens is 4. The number of pyridine rings is 1. The van der Waals surface area contributed by atoms with E-state index in [-0.39, 0.29) is 6.10 Å². The monoisotopic (exact) mass is 339 g/mol. The highest BCUT2D eigenvalue weighted by Crippen LogP contribution is 2.37. The van der Waals surface area contributed by atoms with Crippen LogP contribution in [0.1, 0.15) is 35.0 Å². The van der Waals surface area contributed by atoms with Gasteiger partial charge in [0.25, 0.3) is 0 Å². The molecule has 0 bridgehead atoms. The van der Waals surface area contributed by atoms with Gasteiger partial charge in [-0.1, -0.05) is 6.07 Å². The smallest absolute Gasteiger partial charge is 0.0901 e. The van der Waals surface area contributed by atoms with Crippen molar-refractivity contribution in [2.45, 2.75) is 32.9 Å². The van der Waals surface area contributed by atoms with Crippen molar-refractivity contribution in [1.82, 2.24) is 24.7 Å². The molecule has 6 heteroatoms. The Morgan fingerprint density at radius 2 is 2.20 bits per heavy atom. The average molecular weight is 339 g/mol.